The largest absolute Gasteiger partial charge is 0.409 e. The van der Waals surface area contributed by atoms with Gasteiger partial charge in [-0.1, -0.05) is 17.3 Å². The van der Waals surface area contributed by atoms with Crippen molar-refractivity contribution < 1.29 is 14.4 Å². The van der Waals surface area contributed by atoms with E-state index in [1.165, 1.54) is 11.0 Å². The van der Waals surface area contributed by atoms with E-state index in [0.717, 1.165) is 0 Å². The van der Waals surface area contributed by atoms with Crippen LogP contribution in [0, 0.1) is 12.7 Å². The molecule has 0 spiro atoms. The Kier molecular flexibility index (Phi) is 5.29. The molecule has 0 unspecified atom stereocenters. The maximum Gasteiger partial charge on any atom is 0.256 e. The maximum absolute atomic E-state index is 13.9. The molecule has 0 aliphatic carbocycles. The first-order chi connectivity index (χ1) is 9.01. The van der Waals surface area contributed by atoms with Gasteiger partial charge in [0.05, 0.1) is 5.56 Å². The van der Waals surface area contributed by atoms with Crippen LogP contribution >= 0.6 is 0 Å². The van der Waals surface area contributed by atoms with E-state index < -0.39 is 11.7 Å². The van der Waals surface area contributed by atoms with Gasteiger partial charge in [-0.2, -0.15) is 0 Å². The number of benzene rings is 1. The molecule has 104 valence electrons. The summed E-state index contributed by atoms with van der Waals surface area (Å²) in [6.45, 7) is 4.10. The van der Waals surface area contributed by atoms with Gasteiger partial charge in [0.1, 0.15) is 11.7 Å². The lowest BCUT2D eigenvalue weighted by Gasteiger charge is -2.21. The van der Waals surface area contributed by atoms with Crippen LogP contribution in [0.25, 0.3) is 0 Å². The van der Waals surface area contributed by atoms with Gasteiger partial charge in [-0.25, -0.2) is 4.39 Å². The van der Waals surface area contributed by atoms with E-state index in [0.29, 0.717) is 12.1 Å². The predicted molar refractivity (Wildman–Crippen MR) is 70.7 cm³/mol. The number of hydrogen-bond acceptors (Lipinski definition) is 3. The SMILES string of the molecule is CCN(CC/C(N)=N/O)C(=O)c1cccc(C)c1F. The lowest BCUT2D eigenvalue weighted by atomic mass is 10.1. The normalized spacial score (nSPS) is 11.4. The molecule has 1 aromatic rings. The summed E-state index contributed by atoms with van der Waals surface area (Å²) in [5.74, 6) is -0.861. The average molecular weight is 267 g/mol. The molecule has 0 aliphatic rings. The number of aryl methyl sites for hydroxylation is 1. The third-order valence-electron chi connectivity index (χ3n) is 2.86. The Morgan fingerprint density at radius 1 is 1.53 bits per heavy atom. The summed E-state index contributed by atoms with van der Waals surface area (Å²) in [5.41, 5.74) is 5.83. The fraction of sp³-hybridized carbons (Fsp3) is 0.385. The topological polar surface area (TPSA) is 78.9 Å². The first-order valence-corrected chi connectivity index (χ1v) is 6.02. The monoisotopic (exact) mass is 267 g/mol. The lowest BCUT2D eigenvalue weighted by Crippen LogP contribution is -2.34. The molecule has 0 bridgehead atoms. The maximum atomic E-state index is 13.9. The zero-order chi connectivity index (χ0) is 14.4. The summed E-state index contributed by atoms with van der Waals surface area (Å²) in [7, 11) is 0. The molecule has 0 aromatic heterocycles. The van der Waals surface area contributed by atoms with Crippen LogP contribution < -0.4 is 5.73 Å². The van der Waals surface area contributed by atoms with Gasteiger partial charge in [-0.3, -0.25) is 4.79 Å². The molecule has 5 nitrogen and oxygen atoms in total. The Morgan fingerprint density at radius 3 is 2.79 bits per heavy atom. The van der Waals surface area contributed by atoms with Crippen LogP contribution in [-0.2, 0) is 0 Å². The standard InChI is InChI=1S/C13H18FN3O2/c1-3-17(8-7-11(15)16-19)13(18)10-6-4-5-9(2)12(10)14/h4-6,19H,3,7-8H2,1-2H3,(H2,15,16). The van der Waals surface area contributed by atoms with Crippen molar-refractivity contribution in [2.24, 2.45) is 10.9 Å². The fourth-order valence-electron chi connectivity index (χ4n) is 1.69. The second kappa shape index (κ2) is 6.72. The van der Waals surface area contributed by atoms with Crippen LogP contribution in [-0.4, -0.2) is 34.9 Å². The van der Waals surface area contributed by atoms with Gasteiger partial charge < -0.3 is 15.8 Å². The zero-order valence-corrected chi connectivity index (χ0v) is 11.1. The van der Waals surface area contributed by atoms with E-state index in [9.17, 15) is 9.18 Å². The van der Waals surface area contributed by atoms with Gasteiger partial charge >= 0.3 is 0 Å². The summed E-state index contributed by atoms with van der Waals surface area (Å²) >= 11 is 0. The number of hydrogen-bond donors (Lipinski definition) is 2. The third-order valence-corrected chi connectivity index (χ3v) is 2.86. The van der Waals surface area contributed by atoms with Gasteiger partial charge in [0, 0.05) is 19.5 Å². The molecule has 0 saturated carbocycles. The van der Waals surface area contributed by atoms with Gasteiger partial charge in [0.15, 0.2) is 0 Å². The van der Waals surface area contributed by atoms with Crippen LogP contribution in [0.2, 0.25) is 0 Å². The molecular formula is C13H18FN3O2. The van der Waals surface area contributed by atoms with Crippen LogP contribution in [0.1, 0.15) is 29.3 Å². The number of rotatable bonds is 5. The van der Waals surface area contributed by atoms with E-state index in [1.807, 2.05) is 0 Å². The van der Waals surface area contributed by atoms with Crippen molar-refractivity contribution in [2.45, 2.75) is 20.3 Å². The minimum Gasteiger partial charge on any atom is -0.409 e. The Morgan fingerprint density at radius 2 is 2.21 bits per heavy atom. The van der Waals surface area contributed by atoms with E-state index in [1.54, 1.807) is 26.0 Å². The summed E-state index contributed by atoms with van der Waals surface area (Å²) in [6.07, 6.45) is 0.240. The highest BCUT2D eigenvalue weighted by Crippen LogP contribution is 2.14. The molecule has 0 radical (unpaired) electrons. The van der Waals surface area contributed by atoms with Gasteiger partial charge in [-0.15, -0.1) is 0 Å². The van der Waals surface area contributed by atoms with Crippen molar-refractivity contribution >= 4 is 11.7 Å². The number of carbonyl (C=O) groups excluding carboxylic acids is 1. The van der Waals surface area contributed by atoms with Crippen LogP contribution in [0.15, 0.2) is 23.4 Å². The highest BCUT2D eigenvalue weighted by molar-refractivity contribution is 5.95. The zero-order valence-electron chi connectivity index (χ0n) is 11.1. The van der Waals surface area contributed by atoms with Crippen LogP contribution in [0.5, 0.6) is 0 Å². The number of nitrogens with zero attached hydrogens (tertiary/aromatic N) is 2. The molecular weight excluding hydrogens is 249 g/mol. The summed E-state index contributed by atoms with van der Waals surface area (Å²) in [6, 6.07) is 4.71. The minimum atomic E-state index is -0.505. The number of oxime groups is 1. The first-order valence-electron chi connectivity index (χ1n) is 6.02. The Balaban J connectivity index is 2.87. The van der Waals surface area contributed by atoms with Gasteiger partial charge in [0.25, 0.3) is 5.91 Å². The van der Waals surface area contributed by atoms with Crippen molar-refractivity contribution in [3.63, 3.8) is 0 Å². The first kappa shape index (κ1) is 14.9. The summed E-state index contributed by atoms with van der Waals surface area (Å²) < 4.78 is 13.9. The number of nitrogens with two attached hydrogens (primary N) is 1. The molecule has 19 heavy (non-hydrogen) atoms. The van der Waals surface area contributed by atoms with Crippen molar-refractivity contribution in [3.05, 3.63) is 35.1 Å². The summed E-state index contributed by atoms with van der Waals surface area (Å²) in [4.78, 5) is 13.6. The minimum absolute atomic E-state index is 0.0379. The van der Waals surface area contributed by atoms with E-state index in [2.05, 4.69) is 5.16 Å². The van der Waals surface area contributed by atoms with Gasteiger partial charge in [0.2, 0.25) is 0 Å². The molecule has 0 fully saturated rings. The molecule has 1 rings (SSSR count). The van der Waals surface area contributed by atoms with Gasteiger partial charge in [-0.05, 0) is 25.5 Å². The second-order valence-electron chi connectivity index (χ2n) is 4.16. The van der Waals surface area contributed by atoms with Crippen molar-refractivity contribution in [2.75, 3.05) is 13.1 Å². The predicted octanol–water partition coefficient (Wildman–Crippen LogP) is 1.73. The number of amides is 1. The number of amidine groups is 1. The third kappa shape index (κ3) is 3.67. The van der Waals surface area contributed by atoms with Crippen molar-refractivity contribution in [3.8, 4) is 0 Å². The fourth-order valence-corrected chi connectivity index (χ4v) is 1.69. The highest BCUT2D eigenvalue weighted by Gasteiger charge is 2.18. The molecule has 6 heteroatoms. The smallest absolute Gasteiger partial charge is 0.256 e. The molecule has 3 N–H and O–H groups in total. The van der Waals surface area contributed by atoms with Crippen LogP contribution in [0.3, 0.4) is 0 Å². The van der Waals surface area contributed by atoms with E-state index in [-0.39, 0.29) is 24.4 Å². The van der Waals surface area contributed by atoms with E-state index in [4.69, 9.17) is 10.9 Å². The Bertz CT molecular complexity index is 489. The Hall–Kier alpha value is -2.11. The Labute approximate surface area is 111 Å². The summed E-state index contributed by atoms with van der Waals surface area (Å²) in [5, 5.41) is 11.3. The quantitative estimate of drug-likeness (QED) is 0.369. The number of carbonyl (C=O) groups is 1. The van der Waals surface area contributed by atoms with Crippen molar-refractivity contribution in [1.82, 2.24) is 4.90 Å². The molecule has 0 saturated heterocycles. The van der Waals surface area contributed by atoms with Crippen molar-refractivity contribution in [1.29, 1.82) is 0 Å². The molecule has 0 aliphatic heterocycles. The van der Waals surface area contributed by atoms with Crippen LogP contribution in [0.4, 0.5) is 4.39 Å². The molecule has 1 amide bonds. The molecule has 1 aromatic carbocycles. The molecule has 0 atom stereocenters. The molecule has 0 heterocycles. The van der Waals surface area contributed by atoms with E-state index >= 15 is 0 Å². The highest BCUT2D eigenvalue weighted by atomic mass is 19.1. The number of halogens is 1. The second-order valence-corrected chi connectivity index (χ2v) is 4.16. The average Bonchev–Trinajstić information content (AvgIpc) is 2.41. The lowest BCUT2D eigenvalue weighted by molar-refractivity contribution is 0.0763.